The summed E-state index contributed by atoms with van der Waals surface area (Å²) in [4.78, 5) is 11.9. The molecule has 0 saturated carbocycles. The van der Waals surface area contributed by atoms with E-state index in [1.807, 2.05) is 0 Å². The summed E-state index contributed by atoms with van der Waals surface area (Å²) < 4.78 is 26.5. The molecule has 1 N–H and O–H groups in total. The SMILES string of the molecule is CCC=CCC=CCC=CCC=CCC=CCCCC(=O)NCCOCCOCCOCCOCCOC. The molecule has 0 aliphatic heterocycles. The van der Waals surface area contributed by atoms with E-state index < -0.39 is 0 Å². The zero-order chi connectivity index (χ0) is 27.6. The fourth-order valence-electron chi connectivity index (χ4n) is 3.00. The van der Waals surface area contributed by atoms with Gasteiger partial charge >= 0.3 is 0 Å². The second-order valence-corrected chi connectivity index (χ2v) is 8.39. The molecule has 0 aromatic rings. The van der Waals surface area contributed by atoms with E-state index in [2.05, 4.69) is 73.0 Å². The third-order valence-electron chi connectivity index (χ3n) is 5.05. The van der Waals surface area contributed by atoms with Crippen molar-refractivity contribution in [2.45, 2.75) is 58.3 Å². The lowest BCUT2D eigenvalue weighted by Crippen LogP contribution is -2.27. The van der Waals surface area contributed by atoms with E-state index in [1.165, 1.54) is 0 Å². The van der Waals surface area contributed by atoms with Gasteiger partial charge in [-0.15, -0.1) is 0 Å². The lowest BCUT2D eigenvalue weighted by Gasteiger charge is -2.08. The molecule has 0 atom stereocenters. The van der Waals surface area contributed by atoms with Crippen LogP contribution in [0.3, 0.4) is 0 Å². The van der Waals surface area contributed by atoms with Crippen LogP contribution < -0.4 is 5.32 Å². The lowest BCUT2D eigenvalue weighted by atomic mass is 10.2. The molecule has 0 aliphatic carbocycles. The number of hydrogen-bond donors (Lipinski definition) is 1. The van der Waals surface area contributed by atoms with Crippen molar-refractivity contribution in [1.29, 1.82) is 0 Å². The summed E-state index contributed by atoms with van der Waals surface area (Å²) in [5, 5.41) is 2.89. The molecule has 0 saturated heterocycles. The van der Waals surface area contributed by atoms with Gasteiger partial charge in [-0.1, -0.05) is 67.7 Å². The van der Waals surface area contributed by atoms with Gasteiger partial charge in [-0.25, -0.2) is 0 Å². The molecule has 0 aliphatic rings. The highest BCUT2D eigenvalue weighted by molar-refractivity contribution is 5.75. The van der Waals surface area contributed by atoms with Gasteiger partial charge in [0.1, 0.15) is 0 Å². The van der Waals surface area contributed by atoms with Crippen molar-refractivity contribution >= 4 is 5.91 Å². The molecule has 0 heterocycles. The smallest absolute Gasteiger partial charge is 0.220 e. The summed E-state index contributed by atoms with van der Waals surface area (Å²) in [5.74, 6) is 0.0700. The Kier molecular flexibility index (Phi) is 31.2. The highest BCUT2D eigenvalue weighted by Crippen LogP contribution is 1.99. The largest absolute Gasteiger partial charge is 0.382 e. The Morgan fingerprint density at radius 3 is 1.47 bits per heavy atom. The molecule has 0 bridgehead atoms. The van der Waals surface area contributed by atoms with E-state index in [0.717, 1.165) is 44.9 Å². The number of nitrogens with one attached hydrogen (secondary N) is 1. The quantitative estimate of drug-likeness (QED) is 0.102. The van der Waals surface area contributed by atoms with Crippen molar-refractivity contribution in [3.63, 3.8) is 0 Å². The van der Waals surface area contributed by atoms with Gasteiger partial charge in [-0.3, -0.25) is 4.79 Å². The predicted molar refractivity (Wildman–Crippen MR) is 156 cm³/mol. The maximum absolute atomic E-state index is 11.9. The average molecular weight is 536 g/mol. The van der Waals surface area contributed by atoms with Crippen LogP contribution in [-0.4, -0.2) is 79.0 Å². The number of unbranched alkanes of at least 4 members (excludes halogenated alkanes) is 1. The van der Waals surface area contributed by atoms with Crippen LogP contribution in [-0.2, 0) is 28.5 Å². The molecule has 0 spiro atoms. The molecule has 0 aromatic heterocycles. The summed E-state index contributed by atoms with van der Waals surface area (Å²) in [5.41, 5.74) is 0. The monoisotopic (exact) mass is 535 g/mol. The molecule has 0 aromatic carbocycles. The van der Waals surface area contributed by atoms with Crippen molar-refractivity contribution in [2.75, 3.05) is 73.1 Å². The third-order valence-corrected chi connectivity index (χ3v) is 5.05. The minimum Gasteiger partial charge on any atom is -0.382 e. The van der Waals surface area contributed by atoms with Crippen molar-refractivity contribution in [1.82, 2.24) is 5.32 Å². The first-order chi connectivity index (χ1) is 18.8. The highest BCUT2D eigenvalue weighted by Gasteiger charge is 1.99. The van der Waals surface area contributed by atoms with Crippen molar-refractivity contribution in [2.24, 2.45) is 0 Å². The molecule has 38 heavy (non-hydrogen) atoms. The molecule has 218 valence electrons. The predicted octanol–water partition coefficient (Wildman–Crippen LogP) is 5.74. The van der Waals surface area contributed by atoms with E-state index in [1.54, 1.807) is 7.11 Å². The fraction of sp³-hybridized carbons (Fsp3) is 0.645. The van der Waals surface area contributed by atoms with Gasteiger partial charge in [0.25, 0.3) is 0 Å². The number of allylic oxidation sites excluding steroid dienone is 10. The normalized spacial score (nSPS) is 12.4. The number of ether oxygens (including phenoxy) is 5. The van der Waals surface area contributed by atoms with Gasteiger partial charge in [0.2, 0.25) is 5.91 Å². The van der Waals surface area contributed by atoms with Gasteiger partial charge in [0.05, 0.1) is 59.5 Å². The van der Waals surface area contributed by atoms with Crippen LogP contribution in [0, 0.1) is 0 Å². The Morgan fingerprint density at radius 1 is 0.579 bits per heavy atom. The number of rotatable bonds is 28. The Hall–Kier alpha value is -2.03. The maximum Gasteiger partial charge on any atom is 0.220 e. The molecule has 1 amide bonds. The molecule has 7 heteroatoms. The topological polar surface area (TPSA) is 75.3 Å². The van der Waals surface area contributed by atoms with Crippen LogP contribution in [0.25, 0.3) is 0 Å². The fourth-order valence-corrected chi connectivity index (χ4v) is 3.00. The Labute approximate surface area is 232 Å². The second kappa shape index (κ2) is 33.0. The van der Waals surface area contributed by atoms with Crippen LogP contribution in [0.5, 0.6) is 0 Å². The first kappa shape index (κ1) is 36.0. The van der Waals surface area contributed by atoms with Gasteiger partial charge in [-0.2, -0.15) is 0 Å². The Balaban J connectivity index is 3.37. The standard InChI is InChI=1S/C31H53NO6/c1-3-4-5-6-7-8-9-10-11-12-13-14-15-16-17-18-19-20-31(33)32-21-22-35-25-26-37-29-30-38-28-27-36-24-23-34-2/h4-5,7-8,10-11,13-14,16-17H,3,6,9,12,15,18-30H2,1-2H3,(H,32,33). The van der Waals surface area contributed by atoms with E-state index in [9.17, 15) is 4.79 Å². The molecule has 0 fully saturated rings. The molecular formula is C31H53NO6. The maximum atomic E-state index is 11.9. The van der Waals surface area contributed by atoms with Crippen LogP contribution >= 0.6 is 0 Å². The molecule has 0 unspecified atom stereocenters. The lowest BCUT2D eigenvalue weighted by molar-refractivity contribution is -0.121. The number of carbonyl (C=O) groups is 1. The van der Waals surface area contributed by atoms with Crippen LogP contribution in [0.2, 0.25) is 0 Å². The zero-order valence-electron chi connectivity index (χ0n) is 24.0. The Bertz CT molecular complexity index is 642. The minimum absolute atomic E-state index is 0.0700. The van der Waals surface area contributed by atoms with Crippen LogP contribution in [0.1, 0.15) is 58.3 Å². The van der Waals surface area contributed by atoms with Gasteiger partial charge < -0.3 is 29.0 Å². The minimum atomic E-state index is 0.0700. The van der Waals surface area contributed by atoms with Crippen molar-refractivity contribution in [3.8, 4) is 0 Å². The molecule has 0 rings (SSSR count). The summed E-state index contributed by atoms with van der Waals surface area (Å²) in [7, 11) is 1.65. The Morgan fingerprint density at radius 2 is 1.00 bits per heavy atom. The second-order valence-electron chi connectivity index (χ2n) is 8.39. The van der Waals surface area contributed by atoms with Gasteiger partial charge in [-0.05, 0) is 44.9 Å². The molecule has 0 radical (unpaired) electrons. The van der Waals surface area contributed by atoms with Crippen LogP contribution in [0.15, 0.2) is 60.8 Å². The number of amides is 1. The van der Waals surface area contributed by atoms with Gasteiger partial charge in [0, 0.05) is 20.1 Å². The van der Waals surface area contributed by atoms with E-state index in [4.69, 9.17) is 23.7 Å². The van der Waals surface area contributed by atoms with Crippen molar-refractivity contribution in [3.05, 3.63) is 60.8 Å². The number of carbonyl (C=O) groups excluding carboxylic acids is 1. The van der Waals surface area contributed by atoms with Gasteiger partial charge in [0.15, 0.2) is 0 Å². The molecular weight excluding hydrogens is 482 g/mol. The summed E-state index contributed by atoms with van der Waals surface area (Å²) in [6.07, 6.45) is 29.2. The molecule has 7 nitrogen and oxygen atoms in total. The number of methoxy groups -OCH3 is 1. The summed E-state index contributed by atoms with van der Waals surface area (Å²) in [6.45, 7) is 7.50. The average Bonchev–Trinajstić information content (AvgIpc) is 2.92. The first-order valence-electron chi connectivity index (χ1n) is 14.1. The summed E-state index contributed by atoms with van der Waals surface area (Å²) >= 11 is 0. The number of hydrogen-bond acceptors (Lipinski definition) is 6. The zero-order valence-corrected chi connectivity index (χ0v) is 24.0. The summed E-state index contributed by atoms with van der Waals surface area (Å²) in [6, 6.07) is 0. The van der Waals surface area contributed by atoms with E-state index >= 15 is 0 Å². The highest BCUT2D eigenvalue weighted by atomic mass is 16.6. The van der Waals surface area contributed by atoms with E-state index in [-0.39, 0.29) is 5.91 Å². The first-order valence-corrected chi connectivity index (χ1v) is 14.1. The van der Waals surface area contributed by atoms with Crippen molar-refractivity contribution < 1.29 is 28.5 Å². The van der Waals surface area contributed by atoms with E-state index in [0.29, 0.717) is 72.4 Å². The van der Waals surface area contributed by atoms with Crippen LogP contribution in [0.4, 0.5) is 0 Å². The third kappa shape index (κ3) is 32.0.